The number of benzene rings is 3. The van der Waals surface area contributed by atoms with Crippen LogP contribution in [0.1, 0.15) is 46.0 Å². The summed E-state index contributed by atoms with van der Waals surface area (Å²) >= 11 is 0. The number of nitrogens with one attached hydrogen (secondary N) is 1. The second kappa shape index (κ2) is 7.73. The van der Waals surface area contributed by atoms with Crippen LogP contribution in [0.15, 0.2) is 59.1 Å². The third kappa shape index (κ3) is 3.08. The average Bonchev–Trinajstić information content (AvgIpc) is 3.29. The number of hydrogen-bond acceptors (Lipinski definition) is 6. The van der Waals surface area contributed by atoms with Crippen molar-refractivity contribution in [2.24, 2.45) is 5.92 Å². The molecule has 0 spiro atoms. The van der Waals surface area contributed by atoms with E-state index in [4.69, 9.17) is 4.52 Å². The summed E-state index contributed by atoms with van der Waals surface area (Å²) in [6.45, 7) is 4.02. The highest BCUT2D eigenvalue weighted by molar-refractivity contribution is 6.29. The molecule has 1 aliphatic heterocycles. The van der Waals surface area contributed by atoms with Gasteiger partial charge in [0.25, 0.3) is 0 Å². The van der Waals surface area contributed by atoms with E-state index in [1.165, 1.54) is 0 Å². The number of carbonyl (C=O) groups is 2. The summed E-state index contributed by atoms with van der Waals surface area (Å²) in [4.78, 5) is 27.8. The number of rotatable bonds is 4. The number of fused-ring (bicyclic) bond motifs is 2. The number of ketones is 1. The fourth-order valence-electron chi connectivity index (χ4n) is 5.06. The van der Waals surface area contributed by atoms with Crippen LogP contribution in [0.3, 0.4) is 0 Å². The first-order chi connectivity index (χ1) is 16.5. The topological polar surface area (TPSA) is 95.7 Å². The third-order valence-corrected chi connectivity index (χ3v) is 6.93. The van der Waals surface area contributed by atoms with Crippen molar-refractivity contribution in [2.75, 3.05) is 23.3 Å². The maximum Gasteiger partial charge on any atom is 0.337 e. The van der Waals surface area contributed by atoms with Crippen molar-refractivity contribution in [3.05, 3.63) is 71.3 Å². The number of aromatic carboxylic acids is 1. The highest BCUT2D eigenvalue weighted by atomic mass is 16.5. The first-order valence-corrected chi connectivity index (χ1v) is 11.5. The van der Waals surface area contributed by atoms with E-state index in [1.807, 2.05) is 24.3 Å². The molecule has 0 bridgehead atoms. The van der Waals surface area contributed by atoms with Crippen LogP contribution in [-0.2, 0) is 0 Å². The second-order valence-corrected chi connectivity index (χ2v) is 9.07. The summed E-state index contributed by atoms with van der Waals surface area (Å²) in [5.74, 6) is 0.0593. The van der Waals surface area contributed by atoms with Gasteiger partial charge < -0.3 is 19.8 Å². The molecule has 3 aromatic carbocycles. The Balaban J connectivity index is 1.60. The van der Waals surface area contributed by atoms with Crippen LogP contribution in [0, 0.1) is 5.92 Å². The molecule has 2 heterocycles. The smallest absolute Gasteiger partial charge is 0.337 e. The highest BCUT2D eigenvalue weighted by Gasteiger charge is 2.34. The van der Waals surface area contributed by atoms with E-state index in [0.29, 0.717) is 45.1 Å². The summed E-state index contributed by atoms with van der Waals surface area (Å²) in [6.07, 6.45) is 2.14. The van der Waals surface area contributed by atoms with Gasteiger partial charge in [0.1, 0.15) is 5.52 Å². The molecule has 0 atom stereocenters. The lowest BCUT2D eigenvalue weighted by Gasteiger charge is -2.33. The maximum absolute atomic E-state index is 13.7. The van der Waals surface area contributed by atoms with E-state index >= 15 is 0 Å². The monoisotopic (exact) mass is 453 g/mol. The minimum absolute atomic E-state index is 0.134. The van der Waals surface area contributed by atoms with Crippen LogP contribution in [0.25, 0.3) is 22.2 Å². The number of carbonyl (C=O) groups excluding carboxylic acids is 1. The highest BCUT2D eigenvalue weighted by Crippen LogP contribution is 2.46. The number of piperidine rings is 1. The molecule has 2 N–H and O–H groups in total. The number of hydrogen-bond donors (Lipinski definition) is 2. The Kier molecular flexibility index (Phi) is 4.65. The van der Waals surface area contributed by atoms with Crippen LogP contribution >= 0.6 is 0 Å². The normalized spacial score (nSPS) is 15.4. The first-order valence-electron chi connectivity index (χ1n) is 11.5. The number of carboxylic acid groups (broad SMARTS) is 1. The van der Waals surface area contributed by atoms with Gasteiger partial charge in [0, 0.05) is 24.2 Å². The summed E-state index contributed by atoms with van der Waals surface area (Å²) in [5.41, 5.74) is 4.40. The van der Waals surface area contributed by atoms with Gasteiger partial charge in [-0.25, -0.2) is 4.79 Å². The predicted molar refractivity (Wildman–Crippen MR) is 130 cm³/mol. The van der Waals surface area contributed by atoms with E-state index < -0.39 is 5.97 Å². The van der Waals surface area contributed by atoms with Crippen LogP contribution < -0.4 is 10.2 Å². The van der Waals surface area contributed by atoms with Crippen molar-refractivity contribution < 1.29 is 19.2 Å². The van der Waals surface area contributed by atoms with Crippen molar-refractivity contribution in [2.45, 2.75) is 19.8 Å². The van der Waals surface area contributed by atoms with Crippen LogP contribution in [0.5, 0.6) is 0 Å². The van der Waals surface area contributed by atoms with Crippen LogP contribution in [0.4, 0.5) is 17.1 Å². The Morgan fingerprint density at radius 1 is 1.06 bits per heavy atom. The largest absolute Gasteiger partial charge is 0.478 e. The van der Waals surface area contributed by atoms with Crippen molar-refractivity contribution in [3.63, 3.8) is 0 Å². The standard InChI is InChI=1S/C27H23N3O4/c1-15-10-12-30(13-11-15)21-14-20(28-19-9-5-4-8-18(19)27(32)33)22-23-24(21)29-34-26(23)17-7-3-2-6-16(17)25(22)31/h2-9,14-15,28H,10-13H2,1H3,(H,32,33). The minimum Gasteiger partial charge on any atom is -0.478 e. The SMILES string of the molecule is CC1CCN(c2cc(Nc3ccccc3C(=O)O)c3c4c(onc24)-c2ccccc2C3=O)CC1. The third-order valence-electron chi connectivity index (χ3n) is 6.93. The number of para-hydroxylation sites is 1. The fraction of sp³-hybridized carbons (Fsp3) is 0.222. The number of carboxylic acids is 1. The van der Waals surface area contributed by atoms with Gasteiger partial charge >= 0.3 is 5.97 Å². The van der Waals surface area contributed by atoms with E-state index in [2.05, 4.69) is 22.3 Å². The molecule has 0 unspecified atom stereocenters. The molecule has 6 rings (SSSR count). The van der Waals surface area contributed by atoms with E-state index in [1.54, 1.807) is 30.3 Å². The molecule has 2 aliphatic rings. The van der Waals surface area contributed by atoms with Crippen molar-refractivity contribution >= 4 is 39.7 Å². The molecule has 1 fully saturated rings. The summed E-state index contributed by atoms with van der Waals surface area (Å²) in [6, 6.07) is 16.0. The predicted octanol–water partition coefficient (Wildman–Crippen LogP) is 5.72. The quantitative estimate of drug-likeness (QED) is 0.359. The van der Waals surface area contributed by atoms with Crippen molar-refractivity contribution in [1.82, 2.24) is 5.16 Å². The van der Waals surface area contributed by atoms with Gasteiger partial charge in [-0.05, 0) is 37.0 Å². The van der Waals surface area contributed by atoms with Crippen LogP contribution in [-0.4, -0.2) is 35.1 Å². The molecule has 1 aromatic heterocycles. The van der Waals surface area contributed by atoms with Gasteiger partial charge in [-0.1, -0.05) is 48.5 Å². The minimum atomic E-state index is -1.04. The molecular weight excluding hydrogens is 430 g/mol. The zero-order valence-corrected chi connectivity index (χ0v) is 18.7. The Hall–Kier alpha value is -4.13. The molecule has 1 saturated heterocycles. The lowest BCUT2D eigenvalue weighted by Crippen LogP contribution is -2.33. The lowest BCUT2D eigenvalue weighted by atomic mass is 9.86. The van der Waals surface area contributed by atoms with E-state index in [0.717, 1.165) is 37.2 Å². The Morgan fingerprint density at radius 2 is 1.76 bits per heavy atom. The van der Waals surface area contributed by atoms with Crippen molar-refractivity contribution in [1.29, 1.82) is 0 Å². The molecule has 34 heavy (non-hydrogen) atoms. The van der Waals surface area contributed by atoms with Gasteiger partial charge in [-0.15, -0.1) is 0 Å². The Morgan fingerprint density at radius 3 is 2.53 bits per heavy atom. The molecule has 7 heteroatoms. The van der Waals surface area contributed by atoms with Gasteiger partial charge in [-0.2, -0.15) is 0 Å². The maximum atomic E-state index is 13.7. The molecule has 0 amide bonds. The number of aromatic nitrogens is 1. The van der Waals surface area contributed by atoms with Gasteiger partial charge in [0.2, 0.25) is 0 Å². The first kappa shape index (κ1) is 20.5. The number of anilines is 3. The molecule has 0 radical (unpaired) electrons. The fourth-order valence-corrected chi connectivity index (χ4v) is 5.06. The zero-order valence-electron chi connectivity index (χ0n) is 18.7. The Labute approximate surface area is 196 Å². The molecule has 0 saturated carbocycles. The molecule has 1 aliphatic carbocycles. The van der Waals surface area contributed by atoms with Gasteiger partial charge in [-0.3, -0.25) is 4.79 Å². The molecule has 4 aromatic rings. The van der Waals surface area contributed by atoms with Crippen LogP contribution in [0.2, 0.25) is 0 Å². The van der Waals surface area contributed by atoms with Crippen molar-refractivity contribution in [3.8, 4) is 11.3 Å². The zero-order chi connectivity index (χ0) is 23.4. The van der Waals surface area contributed by atoms with E-state index in [-0.39, 0.29) is 11.3 Å². The van der Waals surface area contributed by atoms with Gasteiger partial charge in [0.05, 0.1) is 33.6 Å². The summed E-state index contributed by atoms with van der Waals surface area (Å²) < 4.78 is 5.84. The summed E-state index contributed by atoms with van der Waals surface area (Å²) in [5, 5.41) is 18.1. The summed E-state index contributed by atoms with van der Waals surface area (Å²) in [7, 11) is 0. The molecule has 7 nitrogen and oxygen atoms in total. The lowest BCUT2D eigenvalue weighted by molar-refractivity contribution is 0.0698. The molecule has 170 valence electrons. The average molecular weight is 453 g/mol. The number of nitrogens with zero attached hydrogens (tertiary/aromatic N) is 2. The Bertz CT molecular complexity index is 1460. The molecular formula is C27H23N3O4. The van der Waals surface area contributed by atoms with Gasteiger partial charge in [0.15, 0.2) is 11.5 Å². The van der Waals surface area contributed by atoms with E-state index in [9.17, 15) is 14.7 Å². The second-order valence-electron chi connectivity index (χ2n) is 9.07.